The van der Waals surface area contributed by atoms with Crippen molar-refractivity contribution in [2.75, 3.05) is 6.26 Å². The molecule has 0 aliphatic carbocycles. The standard InChI is InChI=1S/C8H9N3S/c1-5-6-3-4-9-7(6)11-8(10-5)12-2/h3-4H,1-2H3,(H,9,10,11). The van der Waals surface area contributed by atoms with Gasteiger partial charge < -0.3 is 4.98 Å². The predicted molar refractivity (Wildman–Crippen MR) is 50.4 cm³/mol. The highest BCUT2D eigenvalue weighted by Crippen LogP contribution is 2.17. The van der Waals surface area contributed by atoms with Crippen molar-refractivity contribution in [2.45, 2.75) is 12.1 Å². The molecular formula is C8H9N3S. The van der Waals surface area contributed by atoms with E-state index < -0.39 is 0 Å². The normalized spacial score (nSPS) is 10.8. The number of rotatable bonds is 1. The summed E-state index contributed by atoms with van der Waals surface area (Å²) in [6.07, 6.45) is 3.86. The average molecular weight is 179 g/mol. The highest BCUT2D eigenvalue weighted by molar-refractivity contribution is 7.98. The lowest BCUT2D eigenvalue weighted by Crippen LogP contribution is -1.90. The number of aryl methyl sites for hydroxylation is 1. The van der Waals surface area contributed by atoms with Gasteiger partial charge in [0.25, 0.3) is 0 Å². The summed E-state index contributed by atoms with van der Waals surface area (Å²) in [5.41, 5.74) is 1.96. The van der Waals surface area contributed by atoms with Crippen LogP contribution in [0.5, 0.6) is 0 Å². The van der Waals surface area contributed by atoms with Crippen LogP contribution in [0.15, 0.2) is 17.4 Å². The summed E-state index contributed by atoms with van der Waals surface area (Å²) in [4.78, 5) is 11.7. The molecule has 0 atom stereocenters. The van der Waals surface area contributed by atoms with E-state index in [1.807, 2.05) is 25.4 Å². The largest absolute Gasteiger partial charge is 0.346 e. The zero-order valence-corrected chi connectivity index (χ0v) is 7.77. The average Bonchev–Trinajstić information content (AvgIpc) is 2.52. The van der Waals surface area contributed by atoms with Gasteiger partial charge in [-0.25, -0.2) is 9.97 Å². The summed E-state index contributed by atoms with van der Waals surface area (Å²) in [5.74, 6) is 0. The van der Waals surface area contributed by atoms with Crippen molar-refractivity contribution in [3.63, 3.8) is 0 Å². The van der Waals surface area contributed by atoms with Gasteiger partial charge in [0.2, 0.25) is 0 Å². The lowest BCUT2D eigenvalue weighted by molar-refractivity contribution is 0.965. The fraction of sp³-hybridized carbons (Fsp3) is 0.250. The van der Waals surface area contributed by atoms with Crippen molar-refractivity contribution in [3.8, 4) is 0 Å². The number of nitrogens with zero attached hydrogens (tertiary/aromatic N) is 2. The van der Waals surface area contributed by atoms with Gasteiger partial charge in [0, 0.05) is 11.6 Å². The Morgan fingerprint density at radius 3 is 3.00 bits per heavy atom. The van der Waals surface area contributed by atoms with Gasteiger partial charge in [0.1, 0.15) is 5.65 Å². The molecule has 0 aliphatic rings. The quantitative estimate of drug-likeness (QED) is 0.537. The maximum atomic E-state index is 4.32. The van der Waals surface area contributed by atoms with Crippen LogP contribution in [0, 0.1) is 6.92 Å². The summed E-state index contributed by atoms with van der Waals surface area (Å²) >= 11 is 1.56. The molecule has 0 amide bonds. The second kappa shape index (κ2) is 2.79. The molecule has 1 N–H and O–H groups in total. The van der Waals surface area contributed by atoms with Crippen LogP contribution >= 0.6 is 11.8 Å². The minimum absolute atomic E-state index is 0.822. The second-order valence-corrected chi connectivity index (χ2v) is 3.31. The van der Waals surface area contributed by atoms with E-state index in [1.165, 1.54) is 0 Å². The van der Waals surface area contributed by atoms with Crippen LogP contribution in [0.2, 0.25) is 0 Å². The Labute approximate surface area is 74.6 Å². The van der Waals surface area contributed by atoms with E-state index in [0.717, 1.165) is 21.9 Å². The highest BCUT2D eigenvalue weighted by Gasteiger charge is 2.02. The number of hydrogen-bond acceptors (Lipinski definition) is 3. The van der Waals surface area contributed by atoms with Crippen molar-refractivity contribution in [1.29, 1.82) is 0 Å². The third kappa shape index (κ3) is 1.08. The summed E-state index contributed by atoms with van der Waals surface area (Å²) in [6.45, 7) is 2.00. The molecule has 2 aromatic rings. The fourth-order valence-electron chi connectivity index (χ4n) is 1.16. The topological polar surface area (TPSA) is 41.6 Å². The van der Waals surface area contributed by atoms with Gasteiger partial charge in [-0.05, 0) is 19.2 Å². The van der Waals surface area contributed by atoms with Gasteiger partial charge in [-0.15, -0.1) is 0 Å². The minimum Gasteiger partial charge on any atom is -0.346 e. The Bertz CT molecular complexity index is 408. The third-order valence-electron chi connectivity index (χ3n) is 1.77. The number of H-pyrrole nitrogens is 1. The molecule has 0 unspecified atom stereocenters. The van der Waals surface area contributed by atoms with E-state index in [1.54, 1.807) is 11.8 Å². The number of aromatic amines is 1. The Balaban J connectivity index is 2.75. The van der Waals surface area contributed by atoms with E-state index >= 15 is 0 Å². The molecule has 0 aliphatic heterocycles. The van der Waals surface area contributed by atoms with Crippen molar-refractivity contribution in [1.82, 2.24) is 15.0 Å². The molecule has 4 heteroatoms. The molecule has 0 spiro atoms. The lowest BCUT2D eigenvalue weighted by Gasteiger charge is -1.97. The first-order valence-corrected chi connectivity index (χ1v) is 4.89. The van der Waals surface area contributed by atoms with E-state index in [-0.39, 0.29) is 0 Å². The SMILES string of the molecule is CSc1nc(C)c2cc[nH]c2n1. The molecule has 2 aromatic heterocycles. The molecule has 3 nitrogen and oxygen atoms in total. The lowest BCUT2D eigenvalue weighted by atomic mass is 10.3. The second-order valence-electron chi connectivity index (χ2n) is 2.54. The summed E-state index contributed by atoms with van der Waals surface area (Å²) in [6, 6.07) is 1.99. The Morgan fingerprint density at radius 1 is 1.42 bits per heavy atom. The molecule has 0 saturated heterocycles. The first-order chi connectivity index (χ1) is 5.81. The molecule has 2 heterocycles. The monoisotopic (exact) mass is 179 g/mol. The highest BCUT2D eigenvalue weighted by atomic mass is 32.2. The zero-order valence-electron chi connectivity index (χ0n) is 6.96. The molecule has 0 radical (unpaired) electrons. The fourth-order valence-corrected chi connectivity index (χ4v) is 1.57. The van der Waals surface area contributed by atoms with E-state index in [0.29, 0.717) is 0 Å². The molecule has 0 saturated carbocycles. The number of hydrogen-bond donors (Lipinski definition) is 1. The molecule has 0 fully saturated rings. The predicted octanol–water partition coefficient (Wildman–Crippen LogP) is 1.99. The van der Waals surface area contributed by atoms with Crippen LogP contribution in [0.25, 0.3) is 11.0 Å². The summed E-state index contributed by atoms with van der Waals surface area (Å²) < 4.78 is 0. The summed E-state index contributed by atoms with van der Waals surface area (Å²) in [7, 11) is 0. The van der Waals surface area contributed by atoms with Crippen LogP contribution in [-0.2, 0) is 0 Å². The molecule has 62 valence electrons. The van der Waals surface area contributed by atoms with Crippen molar-refractivity contribution in [3.05, 3.63) is 18.0 Å². The molecule has 0 aromatic carbocycles. The Hall–Kier alpha value is -1.03. The number of nitrogens with one attached hydrogen (secondary N) is 1. The number of fused-ring (bicyclic) bond motifs is 1. The van der Waals surface area contributed by atoms with Gasteiger partial charge in [-0.1, -0.05) is 11.8 Å². The van der Waals surface area contributed by atoms with Crippen LogP contribution in [0.3, 0.4) is 0 Å². The van der Waals surface area contributed by atoms with Crippen LogP contribution in [0.4, 0.5) is 0 Å². The van der Waals surface area contributed by atoms with E-state index in [9.17, 15) is 0 Å². The van der Waals surface area contributed by atoms with Gasteiger partial charge in [0.05, 0.1) is 5.69 Å². The molecule has 0 bridgehead atoms. The summed E-state index contributed by atoms with van der Waals surface area (Å²) in [5, 5.41) is 1.93. The van der Waals surface area contributed by atoms with Gasteiger partial charge >= 0.3 is 0 Å². The first kappa shape index (κ1) is 7.61. The number of thioether (sulfide) groups is 1. The number of aromatic nitrogens is 3. The molecular weight excluding hydrogens is 170 g/mol. The van der Waals surface area contributed by atoms with Crippen molar-refractivity contribution in [2.24, 2.45) is 0 Å². The Morgan fingerprint density at radius 2 is 2.25 bits per heavy atom. The third-order valence-corrected chi connectivity index (χ3v) is 2.32. The van der Waals surface area contributed by atoms with Crippen molar-refractivity contribution >= 4 is 22.8 Å². The van der Waals surface area contributed by atoms with Gasteiger partial charge in [0.15, 0.2) is 5.16 Å². The van der Waals surface area contributed by atoms with Crippen LogP contribution in [0.1, 0.15) is 5.69 Å². The van der Waals surface area contributed by atoms with Crippen molar-refractivity contribution < 1.29 is 0 Å². The van der Waals surface area contributed by atoms with E-state index in [4.69, 9.17) is 0 Å². The maximum Gasteiger partial charge on any atom is 0.189 e. The van der Waals surface area contributed by atoms with Crippen LogP contribution < -0.4 is 0 Å². The molecule has 12 heavy (non-hydrogen) atoms. The zero-order chi connectivity index (χ0) is 8.55. The maximum absolute atomic E-state index is 4.32. The first-order valence-electron chi connectivity index (χ1n) is 3.67. The van der Waals surface area contributed by atoms with E-state index in [2.05, 4.69) is 15.0 Å². The minimum atomic E-state index is 0.822. The van der Waals surface area contributed by atoms with Gasteiger partial charge in [-0.3, -0.25) is 0 Å². The smallest absolute Gasteiger partial charge is 0.189 e. The Kier molecular flexibility index (Phi) is 1.77. The molecule has 2 rings (SSSR count). The van der Waals surface area contributed by atoms with Gasteiger partial charge in [-0.2, -0.15) is 0 Å². The van der Waals surface area contributed by atoms with Crippen LogP contribution in [-0.4, -0.2) is 21.2 Å².